The molecule has 1 aromatic rings. The predicted octanol–water partition coefficient (Wildman–Crippen LogP) is 0.272. The number of hydrogen-bond acceptors (Lipinski definition) is 4. The molecule has 84 valence electrons. The summed E-state index contributed by atoms with van der Waals surface area (Å²) in [4.78, 5) is 2.22. The van der Waals surface area contributed by atoms with Gasteiger partial charge in [0.05, 0.1) is 18.9 Å². The molecule has 1 atom stereocenters. The topological polar surface area (TPSA) is 56.3 Å². The Hall–Kier alpha value is -1.07. The van der Waals surface area contributed by atoms with E-state index < -0.39 is 0 Å². The zero-order chi connectivity index (χ0) is 10.7. The molecule has 0 radical (unpaired) electrons. The van der Waals surface area contributed by atoms with Gasteiger partial charge in [0.15, 0.2) is 12.0 Å². The van der Waals surface area contributed by atoms with Crippen LogP contribution in [0.15, 0.2) is 12.4 Å². The Morgan fingerprint density at radius 2 is 2.53 bits per heavy atom. The molecule has 1 fully saturated rings. The average molecular weight is 210 g/mol. The van der Waals surface area contributed by atoms with Crippen LogP contribution in [0.3, 0.4) is 0 Å². The highest BCUT2D eigenvalue weighted by Gasteiger charge is 2.22. The lowest BCUT2D eigenvalue weighted by Gasteiger charge is -2.19. The third kappa shape index (κ3) is 2.49. The van der Waals surface area contributed by atoms with E-state index in [2.05, 4.69) is 17.0 Å². The summed E-state index contributed by atoms with van der Waals surface area (Å²) in [6.07, 6.45) is 6.16. The van der Waals surface area contributed by atoms with Crippen molar-refractivity contribution in [2.75, 3.05) is 20.1 Å². The number of nitrogens with two attached hydrogens (primary N) is 1. The van der Waals surface area contributed by atoms with Crippen molar-refractivity contribution in [2.24, 2.45) is 5.73 Å². The van der Waals surface area contributed by atoms with Crippen LogP contribution in [0.4, 0.5) is 0 Å². The Kier molecular flexibility index (Phi) is 3.23. The summed E-state index contributed by atoms with van der Waals surface area (Å²) in [5.41, 5.74) is 5.45. The molecule has 2 rings (SSSR count). The molecule has 0 aromatic carbocycles. The molecular weight excluding hydrogens is 192 g/mol. The van der Waals surface area contributed by atoms with Crippen molar-refractivity contribution in [3.8, 4) is 5.75 Å². The van der Waals surface area contributed by atoms with Crippen LogP contribution < -0.4 is 10.5 Å². The molecule has 5 nitrogen and oxygen atoms in total. The van der Waals surface area contributed by atoms with E-state index in [1.807, 2.05) is 10.9 Å². The number of ether oxygens (including phenoxy) is 1. The van der Waals surface area contributed by atoms with Gasteiger partial charge in [-0.1, -0.05) is 0 Å². The summed E-state index contributed by atoms with van der Waals surface area (Å²) >= 11 is 0. The Morgan fingerprint density at radius 3 is 3.20 bits per heavy atom. The first-order valence-electron chi connectivity index (χ1n) is 5.39. The maximum absolute atomic E-state index is 5.82. The Bertz CT molecular complexity index is 312. The quantitative estimate of drug-likeness (QED) is 0.775. The molecule has 1 aliphatic heterocycles. The second kappa shape index (κ2) is 4.63. The molecule has 0 saturated carbocycles. The van der Waals surface area contributed by atoms with Gasteiger partial charge in [0, 0.05) is 13.1 Å². The van der Waals surface area contributed by atoms with Crippen molar-refractivity contribution in [1.29, 1.82) is 0 Å². The van der Waals surface area contributed by atoms with Crippen molar-refractivity contribution in [1.82, 2.24) is 14.7 Å². The van der Waals surface area contributed by atoms with Gasteiger partial charge in [0.1, 0.15) is 0 Å². The van der Waals surface area contributed by atoms with E-state index in [0.717, 1.165) is 25.3 Å². The molecule has 0 amide bonds. The molecule has 0 bridgehead atoms. The van der Waals surface area contributed by atoms with Gasteiger partial charge >= 0.3 is 0 Å². The van der Waals surface area contributed by atoms with E-state index in [0.29, 0.717) is 6.54 Å². The first-order valence-corrected chi connectivity index (χ1v) is 5.39. The number of aromatic nitrogens is 2. The first-order chi connectivity index (χ1) is 7.29. The lowest BCUT2D eigenvalue weighted by molar-refractivity contribution is 0.0811. The summed E-state index contributed by atoms with van der Waals surface area (Å²) in [6, 6.07) is 0. The molecule has 15 heavy (non-hydrogen) atoms. The predicted molar refractivity (Wildman–Crippen MR) is 57.6 cm³/mol. The fourth-order valence-electron chi connectivity index (χ4n) is 1.85. The lowest BCUT2D eigenvalue weighted by Crippen LogP contribution is -2.30. The highest BCUT2D eigenvalue weighted by Crippen LogP contribution is 2.19. The van der Waals surface area contributed by atoms with E-state index in [9.17, 15) is 0 Å². The van der Waals surface area contributed by atoms with Crippen LogP contribution >= 0.6 is 0 Å². The van der Waals surface area contributed by atoms with E-state index in [4.69, 9.17) is 10.5 Å². The third-order valence-electron chi connectivity index (χ3n) is 2.69. The Labute approximate surface area is 89.8 Å². The fraction of sp³-hybridized carbons (Fsp3) is 0.700. The SMILES string of the molecule is CN1CCCC1Oc1cnn(CCN)c1. The highest BCUT2D eigenvalue weighted by atomic mass is 16.5. The minimum absolute atomic E-state index is 0.209. The maximum Gasteiger partial charge on any atom is 0.159 e. The highest BCUT2D eigenvalue weighted by molar-refractivity contribution is 5.12. The summed E-state index contributed by atoms with van der Waals surface area (Å²) in [7, 11) is 2.09. The zero-order valence-electron chi connectivity index (χ0n) is 9.09. The molecule has 1 aliphatic rings. The van der Waals surface area contributed by atoms with Gasteiger partial charge in [-0.25, -0.2) is 0 Å². The van der Waals surface area contributed by atoms with Crippen LogP contribution in [-0.4, -0.2) is 41.0 Å². The number of likely N-dealkylation sites (tertiary alicyclic amines) is 1. The van der Waals surface area contributed by atoms with Crippen LogP contribution in [0.5, 0.6) is 5.75 Å². The standard InChI is InChI=1S/C10H18N4O/c1-13-5-2-3-10(13)15-9-7-12-14(8-9)6-4-11/h7-8,10H,2-6,11H2,1H3. The molecule has 2 N–H and O–H groups in total. The molecule has 2 heterocycles. The number of nitrogens with zero attached hydrogens (tertiary/aromatic N) is 3. The Morgan fingerprint density at radius 1 is 1.67 bits per heavy atom. The Balaban J connectivity index is 1.92. The molecule has 1 aromatic heterocycles. The molecule has 1 saturated heterocycles. The van der Waals surface area contributed by atoms with Gasteiger partial charge in [0.2, 0.25) is 0 Å². The summed E-state index contributed by atoms with van der Waals surface area (Å²) in [5.74, 6) is 0.835. The van der Waals surface area contributed by atoms with Gasteiger partial charge in [-0.3, -0.25) is 9.58 Å². The minimum atomic E-state index is 0.209. The van der Waals surface area contributed by atoms with Crippen molar-refractivity contribution >= 4 is 0 Å². The van der Waals surface area contributed by atoms with Crippen LogP contribution in [0.1, 0.15) is 12.8 Å². The van der Waals surface area contributed by atoms with Gasteiger partial charge in [-0.05, 0) is 19.9 Å². The van der Waals surface area contributed by atoms with E-state index in [-0.39, 0.29) is 6.23 Å². The smallest absolute Gasteiger partial charge is 0.159 e. The molecule has 1 unspecified atom stereocenters. The second-order valence-corrected chi connectivity index (χ2v) is 3.92. The van der Waals surface area contributed by atoms with Crippen LogP contribution in [0, 0.1) is 0 Å². The third-order valence-corrected chi connectivity index (χ3v) is 2.69. The van der Waals surface area contributed by atoms with Crippen molar-refractivity contribution in [3.05, 3.63) is 12.4 Å². The van der Waals surface area contributed by atoms with Gasteiger partial charge in [-0.15, -0.1) is 0 Å². The van der Waals surface area contributed by atoms with Crippen molar-refractivity contribution < 1.29 is 4.74 Å². The average Bonchev–Trinajstić information content (AvgIpc) is 2.79. The summed E-state index contributed by atoms with van der Waals surface area (Å²) in [5, 5.41) is 4.17. The number of rotatable bonds is 4. The molecule has 0 aliphatic carbocycles. The monoisotopic (exact) mass is 210 g/mol. The molecular formula is C10H18N4O. The summed E-state index contributed by atoms with van der Waals surface area (Å²) < 4.78 is 7.63. The van der Waals surface area contributed by atoms with Gasteiger partial charge in [-0.2, -0.15) is 5.10 Å². The van der Waals surface area contributed by atoms with Crippen molar-refractivity contribution in [2.45, 2.75) is 25.6 Å². The second-order valence-electron chi connectivity index (χ2n) is 3.92. The molecule has 5 heteroatoms. The van der Waals surface area contributed by atoms with Crippen LogP contribution in [0.2, 0.25) is 0 Å². The summed E-state index contributed by atoms with van der Waals surface area (Å²) in [6.45, 7) is 2.45. The largest absolute Gasteiger partial charge is 0.472 e. The first kappa shape index (κ1) is 10.4. The van der Waals surface area contributed by atoms with Crippen molar-refractivity contribution in [3.63, 3.8) is 0 Å². The van der Waals surface area contributed by atoms with Crippen LogP contribution in [-0.2, 0) is 6.54 Å². The van der Waals surface area contributed by atoms with Crippen LogP contribution in [0.25, 0.3) is 0 Å². The fourth-order valence-corrected chi connectivity index (χ4v) is 1.85. The molecule has 0 spiro atoms. The van der Waals surface area contributed by atoms with Gasteiger partial charge < -0.3 is 10.5 Å². The van der Waals surface area contributed by atoms with E-state index in [1.165, 1.54) is 6.42 Å². The van der Waals surface area contributed by atoms with E-state index in [1.54, 1.807) is 6.20 Å². The number of hydrogen-bond donors (Lipinski definition) is 1. The normalized spacial score (nSPS) is 22.1. The lowest BCUT2D eigenvalue weighted by atomic mass is 10.4. The van der Waals surface area contributed by atoms with E-state index >= 15 is 0 Å². The minimum Gasteiger partial charge on any atom is -0.472 e. The maximum atomic E-state index is 5.82. The zero-order valence-corrected chi connectivity index (χ0v) is 9.09. The van der Waals surface area contributed by atoms with Gasteiger partial charge in [0.25, 0.3) is 0 Å².